The Balaban J connectivity index is 1.70. The largest absolute Gasteiger partial charge is 0.480 e. The first kappa shape index (κ1) is 17.6. The van der Waals surface area contributed by atoms with Gasteiger partial charge in [-0.15, -0.1) is 0 Å². The fourth-order valence-corrected chi connectivity index (χ4v) is 3.77. The number of nitrogens with zero attached hydrogens (tertiary/aromatic N) is 1. The van der Waals surface area contributed by atoms with Gasteiger partial charge in [-0.2, -0.15) is 0 Å². The second kappa shape index (κ2) is 7.21. The van der Waals surface area contributed by atoms with Crippen LogP contribution in [-0.2, 0) is 4.79 Å². The van der Waals surface area contributed by atoms with E-state index >= 15 is 0 Å². The number of alkyl halides is 2. The molecular formula is C16H28F2N2O2. The number of halogens is 2. The molecule has 4 nitrogen and oxygen atoms in total. The third kappa shape index (κ3) is 4.62. The Morgan fingerprint density at radius 3 is 2.45 bits per heavy atom. The molecule has 2 N–H and O–H groups in total. The average molecular weight is 318 g/mol. The van der Waals surface area contributed by atoms with E-state index in [1.54, 1.807) is 0 Å². The number of hydrogen-bond donors (Lipinski definition) is 2. The highest BCUT2D eigenvalue weighted by Crippen LogP contribution is 2.38. The lowest BCUT2D eigenvalue weighted by Gasteiger charge is -2.44. The van der Waals surface area contributed by atoms with Gasteiger partial charge in [0.05, 0.1) is 6.54 Å². The highest BCUT2D eigenvalue weighted by molar-refractivity contribution is 5.69. The molecule has 0 aromatic rings. The maximum Gasteiger partial charge on any atom is 0.317 e. The Bertz CT molecular complexity index is 376. The number of carbonyl (C=O) groups is 1. The van der Waals surface area contributed by atoms with Crippen molar-refractivity contribution in [1.29, 1.82) is 0 Å². The Morgan fingerprint density at radius 1 is 1.36 bits per heavy atom. The van der Waals surface area contributed by atoms with Gasteiger partial charge >= 0.3 is 5.97 Å². The zero-order chi connectivity index (χ0) is 16.3. The van der Waals surface area contributed by atoms with Crippen LogP contribution in [0.1, 0.15) is 52.4 Å². The number of carboxylic acid groups (broad SMARTS) is 1. The maximum absolute atomic E-state index is 13.2. The summed E-state index contributed by atoms with van der Waals surface area (Å²) in [4.78, 5) is 12.8. The van der Waals surface area contributed by atoms with Crippen molar-refractivity contribution in [1.82, 2.24) is 10.2 Å². The summed E-state index contributed by atoms with van der Waals surface area (Å²) in [7, 11) is 0. The third-order valence-electron chi connectivity index (χ3n) is 5.34. The molecule has 1 unspecified atom stereocenters. The topological polar surface area (TPSA) is 52.6 Å². The number of carboxylic acids is 1. The molecule has 0 radical (unpaired) electrons. The number of nitrogens with one attached hydrogen (secondary N) is 1. The Morgan fingerprint density at radius 2 is 1.95 bits per heavy atom. The van der Waals surface area contributed by atoms with E-state index in [9.17, 15) is 13.6 Å². The van der Waals surface area contributed by atoms with Crippen molar-refractivity contribution in [3.05, 3.63) is 0 Å². The normalized spacial score (nSPS) is 30.0. The molecule has 0 aromatic heterocycles. The summed E-state index contributed by atoms with van der Waals surface area (Å²) in [6, 6.07) is 0.989. The molecule has 0 bridgehead atoms. The molecule has 0 aliphatic heterocycles. The zero-order valence-corrected chi connectivity index (χ0v) is 13.5. The molecule has 1 atom stereocenters. The van der Waals surface area contributed by atoms with E-state index in [1.807, 2.05) is 11.8 Å². The van der Waals surface area contributed by atoms with Gasteiger partial charge < -0.3 is 10.4 Å². The molecule has 6 heteroatoms. The average Bonchev–Trinajstić information content (AvgIpc) is 2.39. The lowest BCUT2D eigenvalue weighted by molar-refractivity contribution is -0.139. The molecule has 0 saturated heterocycles. The Labute approximate surface area is 131 Å². The van der Waals surface area contributed by atoms with E-state index in [4.69, 9.17) is 5.11 Å². The van der Waals surface area contributed by atoms with Gasteiger partial charge in [0.15, 0.2) is 0 Å². The first-order valence-corrected chi connectivity index (χ1v) is 8.40. The van der Waals surface area contributed by atoms with Crippen LogP contribution < -0.4 is 5.32 Å². The summed E-state index contributed by atoms with van der Waals surface area (Å²) in [6.45, 7) is 4.92. The minimum absolute atomic E-state index is 0.0131. The van der Waals surface area contributed by atoms with E-state index in [-0.39, 0.29) is 25.4 Å². The number of hydrogen-bond acceptors (Lipinski definition) is 3. The maximum atomic E-state index is 13.2. The standard InChI is InChI=1S/C16H28F2N2O2/c1-3-20(10-15(21)22)14-8-13(9-14)19-11(2)12-4-6-16(17,18)7-5-12/h11-14,19H,3-10H2,1-2H3,(H,21,22). The van der Waals surface area contributed by atoms with Gasteiger partial charge in [-0.3, -0.25) is 9.69 Å². The predicted octanol–water partition coefficient (Wildman–Crippen LogP) is 2.73. The van der Waals surface area contributed by atoms with Crippen molar-refractivity contribution in [2.75, 3.05) is 13.1 Å². The van der Waals surface area contributed by atoms with Crippen molar-refractivity contribution in [3.8, 4) is 0 Å². The summed E-state index contributed by atoms with van der Waals surface area (Å²) >= 11 is 0. The SMILES string of the molecule is CCN(CC(=O)O)C1CC(NC(C)C2CCC(F)(F)CC2)C1. The van der Waals surface area contributed by atoms with Crippen LogP contribution in [0.15, 0.2) is 0 Å². The second-order valence-corrected chi connectivity index (χ2v) is 6.93. The van der Waals surface area contributed by atoms with Crippen LogP contribution in [0.25, 0.3) is 0 Å². The van der Waals surface area contributed by atoms with Gasteiger partial charge in [0.1, 0.15) is 0 Å². The molecule has 0 amide bonds. The molecule has 128 valence electrons. The van der Waals surface area contributed by atoms with E-state index in [0.717, 1.165) is 19.4 Å². The van der Waals surface area contributed by atoms with Crippen LogP contribution in [0.5, 0.6) is 0 Å². The second-order valence-electron chi connectivity index (χ2n) is 6.93. The van der Waals surface area contributed by atoms with Gasteiger partial charge in [-0.25, -0.2) is 8.78 Å². The molecule has 22 heavy (non-hydrogen) atoms. The monoisotopic (exact) mass is 318 g/mol. The molecule has 2 aliphatic carbocycles. The number of likely N-dealkylation sites (N-methyl/N-ethyl adjacent to an activating group) is 1. The summed E-state index contributed by atoms with van der Waals surface area (Å²) in [6.07, 6.45) is 3.12. The van der Waals surface area contributed by atoms with Gasteiger partial charge in [0.25, 0.3) is 0 Å². The van der Waals surface area contributed by atoms with Crippen molar-refractivity contribution in [3.63, 3.8) is 0 Å². The van der Waals surface area contributed by atoms with E-state index in [2.05, 4.69) is 12.2 Å². The summed E-state index contributed by atoms with van der Waals surface area (Å²) in [5, 5.41) is 12.4. The smallest absolute Gasteiger partial charge is 0.317 e. The molecule has 2 saturated carbocycles. The van der Waals surface area contributed by atoms with Crippen molar-refractivity contribution in [2.45, 2.75) is 76.4 Å². The van der Waals surface area contributed by atoms with E-state index in [0.29, 0.717) is 30.8 Å². The summed E-state index contributed by atoms with van der Waals surface area (Å²) in [5.41, 5.74) is 0. The number of aliphatic carboxylic acids is 1. The Kier molecular flexibility index (Phi) is 5.77. The molecule has 0 aromatic carbocycles. The third-order valence-corrected chi connectivity index (χ3v) is 5.34. The highest BCUT2D eigenvalue weighted by Gasteiger charge is 2.39. The zero-order valence-electron chi connectivity index (χ0n) is 13.5. The quantitative estimate of drug-likeness (QED) is 0.758. The lowest BCUT2D eigenvalue weighted by Crippen LogP contribution is -2.56. The predicted molar refractivity (Wildman–Crippen MR) is 81.2 cm³/mol. The summed E-state index contributed by atoms with van der Waals surface area (Å²) in [5.74, 6) is -2.91. The summed E-state index contributed by atoms with van der Waals surface area (Å²) < 4.78 is 26.4. The van der Waals surface area contributed by atoms with Crippen LogP contribution in [-0.4, -0.2) is 53.1 Å². The molecule has 2 rings (SSSR count). The first-order chi connectivity index (χ1) is 10.3. The molecule has 0 heterocycles. The molecule has 0 spiro atoms. The van der Waals surface area contributed by atoms with Crippen LogP contribution in [0.3, 0.4) is 0 Å². The van der Waals surface area contributed by atoms with Crippen LogP contribution >= 0.6 is 0 Å². The minimum atomic E-state index is -2.46. The van der Waals surface area contributed by atoms with Crippen molar-refractivity contribution < 1.29 is 18.7 Å². The van der Waals surface area contributed by atoms with Crippen LogP contribution in [0, 0.1) is 5.92 Å². The van der Waals surface area contributed by atoms with E-state index in [1.165, 1.54) is 0 Å². The Hall–Kier alpha value is -0.750. The minimum Gasteiger partial charge on any atom is -0.480 e. The molecule has 2 aliphatic rings. The highest BCUT2D eigenvalue weighted by atomic mass is 19.3. The van der Waals surface area contributed by atoms with E-state index < -0.39 is 11.9 Å². The van der Waals surface area contributed by atoms with Gasteiger partial charge in [0, 0.05) is 31.0 Å². The molecule has 2 fully saturated rings. The number of rotatable bonds is 7. The fraction of sp³-hybridized carbons (Fsp3) is 0.938. The van der Waals surface area contributed by atoms with Crippen molar-refractivity contribution >= 4 is 5.97 Å². The van der Waals surface area contributed by atoms with Gasteiger partial charge in [-0.1, -0.05) is 6.92 Å². The van der Waals surface area contributed by atoms with Crippen LogP contribution in [0.2, 0.25) is 0 Å². The van der Waals surface area contributed by atoms with Gasteiger partial charge in [0.2, 0.25) is 5.92 Å². The van der Waals surface area contributed by atoms with Crippen LogP contribution in [0.4, 0.5) is 8.78 Å². The fourth-order valence-electron chi connectivity index (χ4n) is 3.77. The lowest BCUT2D eigenvalue weighted by atomic mass is 9.80. The van der Waals surface area contributed by atoms with Crippen molar-refractivity contribution in [2.24, 2.45) is 5.92 Å². The van der Waals surface area contributed by atoms with Gasteiger partial charge in [-0.05, 0) is 45.1 Å². The molecular weight excluding hydrogens is 290 g/mol. The first-order valence-electron chi connectivity index (χ1n) is 8.40.